The number of aliphatic imine (C=N–C) groups is 1. The number of guanidine groups is 1. The molecule has 5 rings (SSSR count). The number of carbonyl (C=O) groups excluding carboxylic acids is 1. The number of nitrogen functional groups attached to an aromatic ring is 1. The predicted molar refractivity (Wildman–Crippen MR) is 220 cm³/mol. The Bertz CT molecular complexity index is 1860. The van der Waals surface area contributed by atoms with Crippen LogP contribution in [0.5, 0.6) is 5.75 Å². The van der Waals surface area contributed by atoms with E-state index in [1.54, 1.807) is 25.7 Å². The average molecular weight is 864 g/mol. The third-order valence-corrected chi connectivity index (χ3v) is 10.6. The van der Waals surface area contributed by atoms with Gasteiger partial charge in [-0.1, -0.05) is 35.9 Å². The SMILES string of the molecule is Cc1nc(N)c(C(=O)NC(N)=NCCCCc2ccc3cc(OCCCN(C[C@H](O)[C@@H](O)[C@@H]4OC(C)OC[C@H]4O)C[C@H](O)[C@@H](O)[C@@H]4OC(C)OC[C@H]4O)ccc3c2)nc1Cl. The first-order valence-corrected chi connectivity index (χ1v) is 20.4. The van der Waals surface area contributed by atoms with E-state index < -0.39 is 67.3 Å². The van der Waals surface area contributed by atoms with Gasteiger partial charge in [0.25, 0.3) is 5.91 Å². The summed E-state index contributed by atoms with van der Waals surface area (Å²) in [6.45, 7) is 5.40. The van der Waals surface area contributed by atoms with Crippen LogP contribution in [-0.4, -0.2) is 165 Å². The molecule has 20 heteroatoms. The van der Waals surface area contributed by atoms with Gasteiger partial charge < -0.3 is 65.8 Å². The molecule has 0 spiro atoms. The van der Waals surface area contributed by atoms with Crippen molar-refractivity contribution in [2.75, 3.05) is 51.7 Å². The van der Waals surface area contributed by atoms with Crippen LogP contribution in [0.3, 0.4) is 0 Å². The van der Waals surface area contributed by atoms with Crippen LogP contribution in [0.25, 0.3) is 10.8 Å². The fourth-order valence-corrected chi connectivity index (χ4v) is 7.08. The van der Waals surface area contributed by atoms with Crippen LogP contribution in [0.1, 0.15) is 54.9 Å². The molecule has 19 nitrogen and oxygen atoms in total. The number of hydrogen-bond donors (Lipinski definition) is 9. The lowest BCUT2D eigenvalue weighted by Gasteiger charge is -2.39. The van der Waals surface area contributed by atoms with Crippen LogP contribution in [-0.2, 0) is 25.4 Å². The number of aromatic nitrogens is 2. The number of amides is 1. The van der Waals surface area contributed by atoms with Crippen molar-refractivity contribution in [2.45, 2.75) is 108 Å². The van der Waals surface area contributed by atoms with Crippen molar-refractivity contribution in [3.8, 4) is 5.75 Å². The van der Waals surface area contributed by atoms with E-state index in [1.807, 2.05) is 24.3 Å². The van der Waals surface area contributed by atoms with Crippen molar-refractivity contribution in [3.63, 3.8) is 0 Å². The van der Waals surface area contributed by atoms with E-state index in [9.17, 15) is 35.4 Å². The zero-order chi connectivity index (χ0) is 43.5. The number of hydrogen-bond acceptors (Lipinski definition) is 17. The van der Waals surface area contributed by atoms with E-state index >= 15 is 0 Å². The molecule has 0 aliphatic carbocycles. The Hall–Kier alpha value is -3.83. The highest BCUT2D eigenvalue weighted by atomic mass is 35.5. The quantitative estimate of drug-likeness (QED) is 0.0436. The zero-order valence-corrected chi connectivity index (χ0v) is 34.7. The van der Waals surface area contributed by atoms with E-state index in [2.05, 4.69) is 32.4 Å². The normalized spacial score (nSPS) is 24.6. The Labute approximate surface area is 353 Å². The van der Waals surface area contributed by atoms with Crippen molar-refractivity contribution in [3.05, 3.63) is 58.5 Å². The van der Waals surface area contributed by atoms with Crippen molar-refractivity contribution in [2.24, 2.45) is 10.7 Å². The molecule has 3 heterocycles. The van der Waals surface area contributed by atoms with Crippen LogP contribution in [0.15, 0.2) is 41.4 Å². The summed E-state index contributed by atoms with van der Waals surface area (Å²) in [5, 5.41) is 69.1. The Balaban J connectivity index is 1.10. The van der Waals surface area contributed by atoms with Gasteiger partial charge in [-0.15, -0.1) is 0 Å². The van der Waals surface area contributed by atoms with Gasteiger partial charge in [0.2, 0.25) is 0 Å². The standard InChI is InChI=1S/C40H58ClN7O12/c1-21-37(41)46-32(38(42)45-21)39(55)47-40(43)44-12-5-4-7-24-8-9-26-16-27(11-10-25(26)15-24)56-14-6-13-48(17-28(49)33(53)35-30(51)19-57-22(2)59-35)18-29(50)34(54)36-31(52)20-58-23(3)60-36/h8-11,15-16,22-23,28-31,33-36,49-54H,4-7,12-14,17-20H2,1-3H3,(H2,42,45)(H3,43,44,47,55)/t22?,23?,28-,29-,30+,31+,33+,34+,35+,36+/m0/s1. The Morgan fingerprint density at radius 2 is 1.53 bits per heavy atom. The number of rotatable bonds is 19. The second-order valence-electron chi connectivity index (χ2n) is 15.1. The Morgan fingerprint density at radius 1 is 0.933 bits per heavy atom. The predicted octanol–water partition coefficient (Wildman–Crippen LogP) is 0.000320. The largest absolute Gasteiger partial charge is 0.494 e. The van der Waals surface area contributed by atoms with Crippen molar-refractivity contribution in [1.82, 2.24) is 20.2 Å². The van der Waals surface area contributed by atoms with E-state index in [0.717, 1.165) is 35.6 Å². The van der Waals surface area contributed by atoms with E-state index in [4.69, 9.17) is 46.8 Å². The number of nitrogens with two attached hydrogens (primary N) is 2. The van der Waals surface area contributed by atoms with Crippen LogP contribution in [0.4, 0.5) is 5.82 Å². The van der Waals surface area contributed by atoms with Gasteiger partial charge in [-0.25, -0.2) is 9.97 Å². The molecule has 332 valence electrons. The van der Waals surface area contributed by atoms with Crippen molar-refractivity contribution in [1.29, 1.82) is 0 Å². The summed E-state index contributed by atoms with van der Waals surface area (Å²) < 4.78 is 27.6. The number of unbranched alkanes of at least 4 members (excludes halogenated alkanes) is 1. The molecule has 2 aliphatic rings. The summed E-state index contributed by atoms with van der Waals surface area (Å²) in [7, 11) is 0. The molecular formula is C40H58ClN7O12. The average Bonchev–Trinajstić information content (AvgIpc) is 3.21. The molecule has 2 saturated heterocycles. The Kier molecular flexibility index (Phi) is 17.6. The monoisotopic (exact) mass is 863 g/mol. The van der Waals surface area contributed by atoms with Gasteiger partial charge in [0.1, 0.15) is 42.4 Å². The number of fused-ring (bicyclic) bond motifs is 1. The van der Waals surface area contributed by atoms with Gasteiger partial charge in [-0.05, 0) is 74.9 Å². The summed E-state index contributed by atoms with van der Waals surface area (Å²) in [5.41, 5.74) is 13.1. The maximum absolute atomic E-state index is 12.5. The van der Waals surface area contributed by atoms with Gasteiger partial charge >= 0.3 is 0 Å². The number of carbonyl (C=O) groups is 1. The molecule has 0 bridgehead atoms. The first kappa shape index (κ1) is 47.2. The first-order valence-electron chi connectivity index (χ1n) is 20.0. The summed E-state index contributed by atoms with van der Waals surface area (Å²) >= 11 is 5.97. The number of aliphatic hydroxyl groups excluding tert-OH is 6. The summed E-state index contributed by atoms with van der Waals surface area (Å²) in [6.07, 6.45) is -8.84. The molecular weight excluding hydrogens is 806 g/mol. The highest BCUT2D eigenvalue weighted by Crippen LogP contribution is 2.24. The van der Waals surface area contributed by atoms with Crippen LogP contribution in [0, 0.1) is 6.92 Å². The van der Waals surface area contributed by atoms with Gasteiger partial charge in [0.05, 0.1) is 37.7 Å². The third-order valence-electron chi connectivity index (χ3n) is 10.2. The minimum Gasteiger partial charge on any atom is -0.494 e. The number of benzene rings is 2. The molecule has 11 N–H and O–H groups in total. The smallest absolute Gasteiger partial charge is 0.280 e. The number of ether oxygens (including phenoxy) is 5. The van der Waals surface area contributed by atoms with Gasteiger partial charge in [0, 0.05) is 26.2 Å². The van der Waals surface area contributed by atoms with Crippen LogP contribution >= 0.6 is 11.6 Å². The first-order chi connectivity index (χ1) is 28.6. The van der Waals surface area contributed by atoms with Crippen molar-refractivity contribution < 1.29 is 59.1 Å². The number of anilines is 1. The van der Waals surface area contributed by atoms with Crippen LogP contribution < -0.4 is 21.5 Å². The Morgan fingerprint density at radius 3 is 2.17 bits per heavy atom. The second kappa shape index (κ2) is 22.3. The molecule has 1 amide bonds. The zero-order valence-electron chi connectivity index (χ0n) is 34.0. The summed E-state index contributed by atoms with van der Waals surface area (Å²) in [6, 6.07) is 12.0. The molecule has 2 aromatic carbocycles. The molecule has 60 heavy (non-hydrogen) atoms. The number of aliphatic hydroxyl groups is 6. The van der Waals surface area contributed by atoms with E-state index in [1.165, 1.54) is 0 Å². The second-order valence-corrected chi connectivity index (χ2v) is 15.4. The topological polar surface area (TPSA) is 290 Å². The van der Waals surface area contributed by atoms with Crippen LogP contribution in [0.2, 0.25) is 5.15 Å². The molecule has 3 aromatic rings. The highest BCUT2D eigenvalue weighted by molar-refractivity contribution is 6.30. The van der Waals surface area contributed by atoms with E-state index in [0.29, 0.717) is 24.4 Å². The van der Waals surface area contributed by atoms with E-state index in [-0.39, 0.29) is 62.1 Å². The number of nitrogens with one attached hydrogen (secondary N) is 1. The number of nitrogens with zero attached hydrogens (tertiary/aromatic N) is 4. The maximum atomic E-state index is 12.5. The minimum absolute atomic E-state index is 0.0565. The summed E-state index contributed by atoms with van der Waals surface area (Å²) in [4.78, 5) is 26.3. The molecule has 10 atom stereocenters. The molecule has 2 unspecified atom stereocenters. The number of halogens is 1. The fraction of sp³-hybridized carbons (Fsp3) is 0.600. The van der Waals surface area contributed by atoms with Gasteiger partial charge in [0.15, 0.2) is 35.2 Å². The molecule has 1 aromatic heterocycles. The molecule has 2 fully saturated rings. The summed E-state index contributed by atoms with van der Waals surface area (Å²) in [5.74, 6) is -0.114. The lowest BCUT2D eigenvalue weighted by molar-refractivity contribution is -0.274. The lowest BCUT2D eigenvalue weighted by atomic mass is 10.00. The number of aryl methyl sites for hydroxylation is 2. The fourth-order valence-electron chi connectivity index (χ4n) is 6.95. The molecule has 0 radical (unpaired) electrons. The molecule has 2 aliphatic heterocycles. The minimum atomic E-state index is -1.48. The van der Waals surface area contributed by atoms with Gasteiger partial charge in [-0.2, -0.15) is 0 Å². The third kappa shape index (κ3) is 13.3. The maximum Gasteiger partial charge on any atom is 0.280 e. The molecule has 0 saturated carbocycles. The lowest BCUT2D eigenvalue weighted by Crippen LogP contribution is -2.57. The van der Waals surface area contributed by atoms with Crippen molar-refractivity contribution >= 4 is 40.1 Å². The van der Waals surface area contributed by atoms with Gasteiger partial charge in [-0.3, -0.25) is 20.0 Å². The highest BCUT2D eigenvalue weighted by Gasteiger charge is 2.40.